The number of halogens is 3. The van der Waals surface area contributed by atoms with Crippen molar-refractivity contribution >= 4 is 41.2 Å². The van der Waals surface area contributed by atoms with E-state index in [9.17, 15) is 0 Å². The van der Waals surface area contributed by atoms with Gasteiger partial charge >= 0.3 is 133 Å². The van der Waals surface area contributed by atoms with Crippen LogP contribution in [0.4, 0.5) is 0 Å². The van der Waals surface area contributed by atoms with Crippen LogP contribution in [0.2, 0.25) is 5.02 Å². The molecule has 0 spiro atoms. The van der Waals surface area contributed by atoms with Gasteiger partial charge in [-0.05, 0) is 0 Å². The van der Waals surface area contributed by atoms with E-state index in [4.69, 9.17) is 14.9 Å². The summed E-state index contributed by atoms with van der Waals surface area (Å²) in [6, 6.07) is 6.01. The van der Waals surface area contributed by atoms with Crippen molar-refractivity contribution in [1.29, 1.82) is 0 Å². The second-order valence-corrected chi connectivity index (χ2v) is 9.24. The van der Waals surface area contributed by atoms with Gasteiger partial charge in [-0.1, -0.05) is 0 Å². The van der Waals surface area contributed by atoms with Gasteiger partial charge in [0.05, 0.1) is 0 Å². The van der Waals surface area contributed by atoms with Crippen LogP contribution in [0.5, 0.6) is 5.75 Å². The molecule has 1 aliphatic rings. The molecular formula is C17H23Cl3OTi. The Kier molecular flexibility index (Phi) is 8.69. The van der Waals surface area contributed by atoms with E-state index in [1.54, 1.807) is 0 Å². The third-order valence-corrected chi connectivity index (χ3v) is 6.44. The van der Waals surface area contributed by atoms with Gasteiger partial charge in [0.15, 0.2) is 0 Å². The predicted molar refractivity (Wildman–Crippen MR) is 98.9 cm³/mol. The summed E-state index contributed by atoms with van der Waals surface area (Å²) in [6.45, 7) is 8.67. The quantitative estimate of drug-likeness (QED) is 0.563. The van der Waals surface area contributed by atoms with Crippen LogP contribution in [0.3, 0.4) is 0 Å². The molecule has 2 rings (SSSR count). The Balaban J connectivity index is 0.00000220. The summed E-state index contributed by atoms with van der Waals surface area (Å²) in [7, 11) is 0. The minimum absolute atomic E-state index is 0. The van der Waals surface area contributed by atoms with Crippen molar-refractivity contribution in [2.24, 2.45) is 0 Å². The molecule has 1 aromatic carbocycles. The summed E-state index contributed by atoms with van der Waals surface area (Å²) in [5.74, 6) is 0.861. The summed E-state index contributed by atoms with van der Waals surface area (Å²) in [5.41, 5.74) is 2.59. The SMILES string of the molecule is Cl.Cl.[CH2]=[Ti]([O]c1cc(Cl)cc(C(C)(C)C)c1)[C]1=C(C)C=CC1. The first-order valence-electron chi connectivity index (χ1n) is 6.82. The first-order valence-corrected chi connectivity index (χ1v) is 9.72. The third kappa shape index (κ3) is 5.55. The van der Waals surface area contributed by atoms with Crippen molar-refractivity contribution in [3.8, 4) is 5.75 Å². The molecule has 0 bridgehead atoms. The zero-order chi connectivity index (χ0) is 14.9. The van der Waals surface area contributed by atoms with Crippen molar-refractivity contribution in [2.75, 3.05) is 0 Å². The van der Waals surface area contributed by atoms with E-state index in [-0.39, 0.29) is 30.2 Å². The van der Waals surface area contributed by atoms with E-state index in [0.29, 0.717) is 0 Å². The van der Waals surface area contributed by atoms with Crippen LogP contribution in [-0.2, 0) is 23.2 Å². The molecule has 122 valence electrons. The van der Waals surface area contributed by atoms with Gasteiger partial charge in [-0.2, -0.15) is 0 Å². The molecule has 5 heteroatoms. The molecule has 0 radical (unpaired) electrons. The molecule has 22 heavy (non-hydrogen) atoms. The summed E-state index contributed by atoms with van der Waals surface area (Å²) >= 11 is 4.30. The fourth-order valence-corrected chi connectivity index (χ4v) is 4.61. The van der Waals surface area contributed by atoms with Gasteiger partial charge in [0, 0.05) is 0 Å². The molecule has 0 fully saturated rings. The van der Waals surface area contributed by atoms with Gasteiger partial charge < -0.3 is 0 Å². The van der Waals surface area contributed by atoms with Crippen LogP contribution in [0.1, 0.15) is 39.7 Å². The normalized spacial score (nSPS) is 13.5. The van der Waals surface area contributed by atoms with E-state index in [1.807, 2.05) is 12.1 Å². The van der Waals surface area contributed by atoms with Crippen molar-refractivity contribution in [1.82, 2.24) is 0 Å². The fourth-order valence-electron chi connectivity index (χ4n) is 2.21. The zero-order valence-corrected chi connectivity index (χ0v) is 17.4. The van der Waals surface area contributed by atoms with Crippen LogP contribution in [-0.4, -0.2) is 4.82 Å². The Morgan fingerprint density at radius 3 is 2.32 bits per heavy atom. The molecule has 0 N–H and O–H groups in total. The second kappa shape index (κ2) is 8.71. The third-order valence-electron chi connectivity index (χ3n) is 3.48. The van der Waals surface area contributed by atoms with Crippen LogP contribution in [0.25, 0.3) is 0 Å². The van der Waals surface area contributed by atoms with Crippen LogP contribution in [0, 0.1) is 0 Å². The average molecular weight is 398 g/mol. The fraction of sp³-hybridized carbons (Fsp3) is 0.353. The Bertz CT molecular complexity index is 613. The molecule has 0 aliphatic heterocycles. The van der Waals surface area contributed by atoms with E-state index < -0.39 is 17.8 Å². The molecular weight excluding hydrogens is 374 g/mol. The van der Waals surface area contributed by atoms with E-state index in [0.717, 1.165) is 17.2 Å². The first kappa shape index (κ1) is 22.0. The number of allylic oxidation sites excluding steroid dienone is 4. The summed E-state index contributed by atoms with van der Waals surface area (Å²) in [6.07, 6.45) is 5.34. The molecule has 0 unspecified atom stereocenters. The van der Waals surface area contributed by atoms with Gasteiger partial charge in [0.2, 0.25) is 0 Å². The van der Waals surface area contributed by atoms with Crippen molar-refractivity contribution in [3.63, 3.8) is 0 Å². The molecule has 0 heterocycles. The number of hydrogen-bond donors (Lipinski definition) is 0. The van der Waals surface area contributed by atoms with Gasteiger partial charge in [-0.3, -0.25) is 0 Å². The Labute approximate surface area is 157 Å². The Morgan fingerprint density at radius 2 is 1.82 bits per heavy atom. The van der Waals surface area contributed by atoms with E-state index in [2.05, 4.69) is 50.7 Å². The van der Waals surface area contributed by atoms with Crippen LogP contribution in [0.15, 0.2) is 39.8 Å². The Hall–Kier alpha value is -0.0457. The van der Waals surface area contributed by atoms with Crippen LogP contribution >= 0.6 is 36.4 Å². The summed E-state index contributed by atoms with van der Waals surface area (Å²) in [4.78, 5) is 4.29. The van der Waals surface area contributed by atoms with Gasteiger partial charge in [-0.15, -0.1) is 24.8 Å². The van der Waals surface area contributed by atoms with Crippen LogP contribution < -0.4 is 3.32 Å². The van der Waals surface area contributed by atoms with Gasteiger partial charge in [0.25, 0.3) is 0 Å². The molecule has 0 amide bonds. The zero-order valence-electron chi connectivity index (χ0n) is 13.4. The summed E-state index contributed by atoms with van der Waals surface area (Å²) in [5, 5.41) is 0.730. The molecule has 0 aromatic heterocycles. The molecule has 1 aromatic rings. The minimum atomic E-state index is -1.92. The maximum atomic E-state index is 6.22. The number of benzene rings is 1. The number of hydrogen-bond acceptors (Lipinski definition) is 1. The second-order valence-electron chi connectivity index (χ2n) is 6.22. The standard InChI is InChI=1S/C10H13ClO.C6H7.CH2.2ClH.Ti/c1-10(2,3)7-4-8(11)6-9(12)5-7;1-6-4-2-3-5-6;;;;/h4-6,12H,1-3H3;2,4H,3H2,1H3;1H2;2*1H;/q;;;;;+1/p-1. The predicted octanol–water partition coefficient (Wildman–Crippen LogP) is 6.06. The van der Waals surface area contributed by atoms with E-state index in [1.165, 1.54) is 15.0 Å². The topological polar surface area (TPSA) is 9.23 Å². The van der Waals surface area contributed by atoms with E-state index >= 15 is 0 Å². The van der Waals surface area contributed by atoms with Crippen molar-refractivity contribution in [3.05, 3.63) is 50.4 Å². The molecule has 1 nitrogen and oxygen atoms in total. The average Bonchev–Trinajstić information content (AvgIpc) is 2.73. The summed E-state index contributed by atoms with van der Waals surface area (Å²) < 4.78 is 7.56. The monoisotopic (exact) mass is 396 g/mol. The van der Waals surface area contributed by atoms with Gasteiger partial charge in [0.1, 0.15) is 0 Å². The molecule has 0 saturated heterocycles. The van der Waals surface area contributed by atoms with Crippen molar-refractivity contribution < 1.29 is 21.1 Å². The number of rotatable bonds is 3. The molecule has 0 atom stereocenters. The van der Waals surface area contributed by atoms with Gasteiger partial charge in [-0.25, -0.2) is 0 Å². The Morgan fingerprint density at radius 1 is 1.18 bits per heavy atom. The van der Waals surface area contributed by atoms with Crippen molar-refractivity contribution in [2.45, 2.75) is 39.5 Å². The maximum absolute atomic E-state index is 6.22. The molecule has 0 saturated carbocycles. The first-order chi connectivity index (χ1) is 9.27. The molecule has 1 aliphatic carbocycles.